The molecule has 0 atom stereocenters. The number of nitrogens with one attached hydrogen (secondary N) is 1. The van der Waals surface area contributed by atoms with E-state index in [9.17, 15) is 4.79 Å². The van der Waals surface area contributed by atoms with Gasteiger partial charge in [-0.25, -0.2) is 4.52 Å². The average molecular weight is 447 g/mol. The molecule has 0 saturated heterocycles. The quantitative estimate of drug-likeness (QED) is 0.447. The highest BCUT2D eigenvalue weighted by Crippen LogP contribution is 2.25. The molecule has 1 aromatic carbocycles. The third-order valence-corrected chi connectivity index (χ3v) is 6.27. The summed E-state index contributed by atoms with van der Waals surface area (Å²) in [6.07, 6.45) is 0.649. The number of nitrogens with zero attached hydrogens (tertiary/aromatic N) is 3. The highest BCUT2D eigenvalue weighted by atomic mass is 35.5. The van der Waals surface area contributed by atoms with Gasteiger partial charge >= 0.3 is 0 Å². The van der Waals surface area contributed by atoms with Gasteiger partial charge in [-0.2, -0.15) is 4.98 Å². The number of rotatable bonds is 7. The summed E-state index contributed by atoms with van der Waals surface area (Å²) in [5.41, 5.74) is 0.00855. The first-order valence-electron chi connectivity index (χ1n) is 9.02. The lowest BCUT2D eigenvalue weighted by atomic mass is 10.1. The van der Waals surface area contributed by atoms with Crippen LogP contribution >= 0.6 is 34.3 Å². The minimum atomic E-state index is -1.00. The van der Waals surface area contributed by atoms with Crippen molar-refractivity contribution >= 4 is 45.1 Å². The number of hydrogen-bond donors (Lipinski definition) is 1. The van der Waals surface area contributed by atoms with E-state index in [2.05, 4.69) is 15.4 Å². The fraction of sp³-hybridized carbons (Fsp3) is 0.250. The lowest BCUT2D eigenvalue weighted by Gasteiger charge is -2.25. The first-order valence-corrected chi connectivity index (χ1v) is 11.2. The van der Waals surface area contributed by atoms with Crippen molar-refractivity contribution in [2.45, 2.75) is 25.9 Å². The third-order valence-electron chi connectivity index (χ3n) is 4.29. The highest BCUT2D eigenvalue weighted by Gasteiger charge is 2.29. The van der Waals surface area contributed by atoms with Gasteiger partial charge in [0.25, 0.3) is 5.91 Å². The van der Waals surface area contributed by atoms with Crippen molar-refractivity contribution in [2.24, 2.45) is 0 Å². The maximum atomic E-state index is 12.6. The minimum absolute atomic E-state index is 0.184. The molecule has 29 heavy (non-hydrogen) atoms. The van der Waals surface area contributed by atoms with Crippen LogP contribution < -0.4 is 10.1 Å². The van der Waals surface area contributed by atoms with E-state index in [4.69, 9.17) is 16.3 Å². The largest absolute Gasteiger partial charge is 0.478 e. The van der Waals surface area contributed by atoms with E-state index in [1.54, 1.807) is 60.8 Å². The number of halogens is 1. The van der Waals surface area contributed by atoms with Crippen LogP contribution in [0.5, 0.6) is 5.75 Å². The van der Waals surface area contributed by atoms with E-state index in [0.717, 1.165) is 21.4 Å². The minimum Gasteiger partial charge on any atom is -0.478 e. The Morgan fingerprint density at radius 3 is 2.76 bits per heavy atom. The number of fused-ring (bicyclic) bond motifs is 1. The first kappa shape index (κ1) is 19.9. The average Bonchev–Trinajstić information content (AvgIpc) is 3.41. The predicted molar refractivity (Wildman–Crippen MR) is 117 cm³/mol. The van der Waals surface area contributed by atoms with Gasteiger partial charge in [0.2, 0.25) is 4.96 Å². The van der Waals surface area contributed by atoms with Crippen molar-refractivity contribution in [3.8, 4) is 16.5 Å². The summed E-state index contributed by atoms with van der Waals surface area (Å²) >= 11 is 9.05. The molecular weight excluding hydrogens is 428 g/mol. The van der Waals surface area contributed by atoms with E-state index < -0.39 is 5.60 Å². The Labute approximate surface area is 181 Å². The van der Waals surface area contributed by atoms with Crippen LogP contribution in [0.4, 0.5) is 0 Å². The summed E-state index contributed by atoms with van der Waals surface area (Å²) in [6.45, 7) is 3.96. The topological polar surface area (TPSA) is 68.5 Å². The Morgan fingerprint density at radius 2 is 2.03 bits per heavy atom. The zero-order valence-corrected chi connectivity index (χ0v) is 18.3. The van der Waals surface area contributed by atoms with Crippen molar-refractivity contribution < 1.29 is 9.53 Å². The van der Waals surface area contributed by atoms with Gasteiger partial charge in [0.15, 0.2) is 11.4 Å². The van der Waals surface area contributed by atoms with Crippen molar-refractivity contribution in [2.75, 3.05) is 6.54 Å². The summed E-state index contributed by atoms with van der Waals surface area (Å²) in [5.74, 6) is 1.14. The normalized spacial score (nSPS) is 11.7. The maximum absolute atomic E-state index is 12.6. The molecule has 0 fully saturated rings. The van der Waals surface area contributed by atoms with Crippen molar-refractivity contribution in [1.82, 2.24) is 19.9 Å². The number of ether oxygens (including phenoxy) is 1. The van der Waals surface area contributed by atoms with Crippen LogP contribution in [0.15, 0.2) is 47.2 Å². The molecule has 6 nitrogen and oxygen atoms in total. The summed E-state index contributed by atoms with van der Waals surface area (Å²) in [7, 11) is 0. The van der Waals surface area contributed by atoms with E-state index in [1.165, 1.54) is 0 Å². The molecule has 0 saturated carbocycles. The van der Waals surface area contributed by atoms with Gasteiger partial charge in [0.05, 0.1) is 10.6 Å². The number of carbonyl (C=O) groups excluding carboxylic acids is 1. The molecule has 0 unspecified atom stereocenters. The van der Waals surface area contributed by atoms with Crippen LogP contribution in [0.1, 0.15) is 19.5 Å². The smallest absolute Gasteiger partial charge is 0.263 e. The summed E-state index contributed by atoms with van der Waals surface area (Å²) in [6, 6.07) is 10.9. The molecule has 0 aliphatic rings. The lowest BCUT2D eigenvalue weighted by molar-refractivity contribution is -0.134. The van der Waals surface area contributed by atoms with Crippen LogP contribution in [0, 0.1) is 0 Å². The third kappa shape index (κ3) is 4.44. The Bertz CT molecular complexity index is 1120. The molecule has 0 spiro atoms. The molecule has 3 aromatic heterocycles. The van der Waals surface area contributed by atoms with Crippen LogP contribution in [0.3, 0.4) is 0 Å². The van der Waals surface area contributed by atoms with Crippen molar-refractivity contribution in [1.29, 1.82) is 0 Å². The van der Waals surface area contributed by atoms with Gasteiger partial charge in [-0.15, -0.1) is 27.8 Å². The van der Waals surface area contributed by atoms with Gasteiger partial charge in [0, 0.05) is 23.4 Å². The molecule has 150 valence electrons. The predicted octanol–water partition coefficient (Wildman–Crippen LogP) is 4.69. The monoisotopic (exact) mass is 446 g/mol. The van der Waals surface area contributed by atoms with Crippen LogP contribution in [-0.2, 0) is 11.2 Å². The number of hydrogen-bond acceptors (Lipinski definition) is 6. The second-order valence-electron chi connectivity index (χ2n) is 6.91. The van der Waals surface area contributed by atoms with Gasteiger partial charge in [-0.3, -0.25) is 4.79 Å². The molecule has 0 aliphatic heterocycles. The van der Waals surface area contributed by atoms with E-state index in [-0.39, 0.29) is 5.91 Å². The lowest BCUT2D eigenvalue weighted by Crippen LogP contribution is -2.47. The second-order valence-corrected chi connectivity index (χ2v) is 9.13. The van der Waals surface area contributed by atoms with E-state index >= 15 is 0 Å². The van der Waals surface area contributed by atoms with Crippen molar-refractivity contribution in [3.05, 3.63) is 57.9 Å². The zero-order chi connectivity index (χ0) is 20.4. The zero-order valence-electron chi connectivity index (χ0n) is 15.9. The van der Waals surface area contributed by atoms with E-state index in [1.807, 2.05) is 27.4 Å². The van der Waals surface area contributed by atoms with Crippen LogP contribution in [0.2, 0.25) is 5.02 Å². The first-order chi connectivity index (χ1) is 13.9. The SMILES string of the molecule is CC(C)(Oc1ccc(Cl)cc1)C(=O)NCCc1csc2nc(-c3cccs3)nn12. The van der Waals surface area contributed by atoms with Crippen LogP contribution in [0.25, 0.3) is 15.7 Å². The molecule has 9 heteroatoms. The maximum Gasteiger partial charge on any atom is 0.263 e. The summed E-state index contributed by atoms with van der Waals surface area (Å²) in [5, 5.41) is 12.2. The molecular formula is C20H19ClN4O2S2. The van der Waals surface area contributed by atoms with Gasteiger partial charge < -0.3 is 10.1 Å². The molecule has 3 heterocycles. The Hall–Kier alpha value is -2.42. The number of thiophene rings is 1. The molecule has 0 bridgehead atoms. The Morgan fingerprint density at radius 1 is 1.24 bits per heavy atom. The Balaban J connectivity index is 1.36. The number of carbonyl (C=O) groups is 1. The number of amides is 1. The number of benzene rings is 1. The van der Waals surface area contributed by atoms with Crippen LogP contribution in [-0.4, -0.2) is 32.7 Å². The second kappa shape index (κ2) is 8.14. The number of thiazole rings is 1. The molecule has 4 aromatic rings. The van der Waals surface area contributed by atoms with Gasteiger partial charge in [-0.05, 0) is 49.6 Å². The summed E-state index contributed by atoms with van der Waals surface area (Å²) < 4.78 is 7.67. The van der Waals surface area contributed by atoms with Gasteiger partial charge in [0.1, 0.15) is 5.75 Å². The molecule has 0 aliphatic carbocycles. The van der Waals surface area contributed by atoms with Crippen molar-refractivity contribution in [3.63, 3.8) is 0 Å². The molecule has 1 N–H and O–H groups in total. The molecule has 4 rings (SSSR count). The fourth-order valence-corrected chi connectivity index (χ4v) is 4.40. The number of aromatic nitrogens is 3. The highest BCUT2D eigenvalue weighted by molar-refractivity contribution is 7.15. The summed E-state index contributed by atoms with van der Waals surface area (Å²) in [4.78, 5) is 19.1. The fourth-order valence-electron chi connectivity index (χ4n) is 2.77. The van der Waals surface area contributed by atoms with E-state index in [0.29, 0.717) is 23.7 Å². The Kier molecular flexibility index (Phi) is 5.58. The molecule has 0 radical (unpaired) electrons. The van der Waals surface area contributed by atoms with Gasteiger partial charge in [-0.1, -0.05) is 17.7 Å². The standard InChI is InChI=1S/C20H19ClN4O2S2/c1-20(2,27-15-7-5-13(21)6-8-15)18(26)22-10-9-14-12-29-19-23-17(24-25(14)19)16-4-3-11-28-16/h3-8,11-12H,9-10H2,1-2H3,(H,22,26). The molecule has 1 amide bonds.